The van der Waals surface area contributed by atoms with Crippen molar-refractivity contribution in [1.29, 1.82) is 0 Å². The maximum Gasteiger partial charge on any atom is 0.472 e. The number of hydrogen-bond donors (Lipinski definition) is 2. The van der Waals surface area contributed by atoms with E-state index in [4.69, 9.17) is 24.3 Å². The zero-order chi connectivity index (χ0) is 46.5. The van der Waals surface area contributed by atoms with E-state index in [0.717, 1.165) is 51.4 Å². The molecule has 0 saturated carbocycles. The molecule has 0 rings (SSSR count). The number of rotatable bonds is 52. The highest BCUT2D eigenvalue weighted by atomic mass is 31.2. The van der Waals surface area contributed by atoms with Gasteiger partial charge in [0.05, 0.1) is 19.8 Å². The van der Waals surface area contributed by atoms with Crippen LogP contribution in [0.4, 0.5) is 0 Å². The highest BCUT2D eigenvalue weighted by molar-refractivity contribution is 7.47. The van der Waals surface area contributed by atoms with Crippen LogP contribution in [0.15, 0.2) is 48.6 Å². The maximum atomic E-state index is 12.7. The van der Waals surface area contributed by atoms with Crippen LogP contribution in [0.2, 0.25) is 0 Å². The number of hydrogen-bond acceptors (Lipinski definition) is 7. The molecule has 8 nitrogen and oxygen atoms in total. The summed E-state index contributed by atoms with van der Waals surface area (Å²) in [6.07, 6.45) is 64.4. The second-order valence-electron chi connectivity index (χ2n) is 18.1. The molecule has 0 aromatic carbocycles. The molecular formula is C55H104NO7P. The third-order valence-electron chi connectivity index (χ3n) is 11.7. The fraction of sp³-hybridized carbons (Fsp3) is 0.836. The first-order valence-electron chi connectivity index (χ1n) is 27.1. The molecule has 9 heteroatoms. The lowest BCUT2D eigenvalue weighted by Gasteiger charge is -2.20. The molecule has 0 aliphatic heterocycles. The van der Waals surface area contributed by atoms with E-state index in [1.807, 2.05) is 0 Å². The van der Waals surface area contributed by atoms with Crippen molar-refractivity contribution in [2.24, 2.45) is 5.73 Å². The Kier molecular flexibility index (Phi) is 51.2. The minimum atomic E-state index is -4.29. The van der Waals surface area contributed by atoms with E-state index in [1.54, 1.807) is 0 Å². The second kappa shape index (κ2) is 52.4. The Hall–Kier alpha value is -1.54. The molecular weight excluding hydrogens is 818 g/mol. The molecule has 376 valence electrons. The van der Waals surface area contributed by atoms with Gasteiger partial charge in [-0.2, -0.15) is 0 Å². The van der Waals surface area contributed by atoms with Gasteiger partial charge in [0.2, 0.25) is 0 Å². The Morgan fingerprint density at radius 2 is 0.828 bits per heavy atom. The van der Waals surface area contributed by atoms with E-state index in [-0.39, 0.29) is 32.3 Å². The summed E-state index contributed by atoms with van der Waals surface area (Å²) >= 11 is 0. The Labute approximate surface area is 396 Å². The van der Waals surface area contributed by atoms with Crippen molar-refractivity contribution < 1.29 is 32.8 Å². The van der Waals surface area contributed by atoms with Gasteiger partial charge in [0, 0.05) is 19.6 Å². The summed E-state index contributed by atoms with van der Waals surface area (Å²) in [5, 5.41) is 0. The molecule has 0 aliphatic rings. The third kappa shape index (κ3) is 51.4. The van der Waals surface area contributed by atoms with Gasteiger partial charge in [0.15, 0.2) is 0 Å². The van der Waals surface area contributed by atoms with Gasteiger partial charge >= 0.3 is 13.8 Å². The molecule has 0 fully saturated rings. The molecule has 0 bridgehead atoms. The van der Waals surface area contributed by atoms with E-state index in [2.05, 4.69) is 62.5 Å². The van der Waals surface area contributed by atoms with Crippen molar-refractivity contribution in [1.82, 2.24) is 0 Å². The zero-order valence-electron chi connectivity index (χ0n) is 42.0. The SMILES string of the molecule is CCCCC/C=C\C/C=C\C/C=C\CCCCCCCCCOCC(COP(=O)(O)OCCN)OC(=O)CCCCCCCCCCCCCCC/C=C\CCCCCCCCCC. The van der Waals surface area contributed by atoms with Gasteiger partial charge in [-0.25, -0.2) is 4.57 Å². The Morgan fingerprint density at radius 3 is 1.28 bits per heavy atom. The minimum Gasteiger partial charge on any atom is -0.457 e. The summed E-state index contributed by atoms with van der Waals surface area (Å²) < 4.78 is 33.6. The van der Waals surface area contributed by atoms with E-state index in [9.17, 15) is 14.3 Å². The van der Waals surface area contributed by atoms with E-state index in [1.165, 1.54) is 186 Å². The molecule has 64 heavy (non-hydrogen) atoms. The molecule has 0 aromatic heterocycles. The van der Waals surface area contributed by atoms with Crippen LogP contribution in [0.25, 0.3) is 0 Å². The van der Waals surface area contributed by atoms with Gasteiger partial charge in [-0.15, -0.1) is 0 Å². The summed E-state index contributed by atoms with van der Waals surface area (Å²) in [5.74, 6) is -0.331. The Balaban J connectivity index is 3.91. The standard InChI is InChI=1S/C55H104NO7P/c1-3-5-7-9-11-13-15-17-19-21-23-25-26-27-28-29-30-32-34-36-38-40-42-44-46-48-55(57)63-54(53-62-64(58,59)61-51-49-56)52-60-50-47-45-43-41-39-37-35-33-31-24-22-20-18-16-14-12-10-8-6-4-2/h12,14,18,20-21,23-24,31,54H,3-11,13,15-17,19,22,25-30,32-53,56H2,1-2H3,(H,58,59)/b14-12-,20-18-,23-21-,31-24-. The number of phosphoric acid groups is 1. The van der Waals surface area contributed by atoms with Gasteiger partial charge < -0.3 is 20.1 Å². The van der Waals surface area contributed by atoms with Gasteiger partial charge in [-0.1, -0.05) is 223 Å². The molecule has 0 amide bonds. The summed E-state index contributed by atoms with van der Waals surface area (Å²) in [6, 6.07) is 0. The van der Waals surface area contributed by atoms with E-state index in [0.29, 0.717) is 13.0 Å². The molecule has 2 atom stereocenters. The van der Waals surface area contributed by atoms with Crippen molar-refractivity contribution in [2.75, 3.05) is 33.0 Å². The van der Waals surface area contributed by atoms with Gasteiger partial charge in [-0.05, 0) is 77.0 Å². The van der Waals surface area contributed by atoms with Crippen molar-refractivity contribution in [3.63, 3.8) is 0 Å². The first-order valence-corrected chi connectivity index (χ1v) is 28.6. The van der Waals surface area contributed by atoms with Crippen molar-refractivity contribution >= 4 is 13.8 Å². The Bertz CT molecular complexity index is 1130. The lowest BCUT2D eigenvalue weighted by atomic mass is 10.0. The summed E-state index contributed by atoms with van der Waals surface area (Å²) in [5.41, 5.74) is 5.39. The van der Waals surface area contributed by atoms with Crippen LogP contribution < -0.4 is 5.73 Å². The van der Waals surface area contributed by atoms with Crippen molar-refractivity contribution in [3.8, 4) is 0 Å². The van der Waals surface area contributed by atoms with Crippen molar-refractivity contribution in [3.05, 3.63) is 48.6 Å². The first kappa shape index (κ1) is 62.5. The van der Waals surface area contributed by atoms with Crippen LogP contribution in [0, 0.1) is 0 Å². The number of unbranched alkanes of at least 4 members (excludes halogenated alkanes) is 31. The first-order chi connectivity index (χ1) is 31.4. The molecule has 2 unspecified atom stereocenters. The van der Waals surface area contributed by atoms with Crippen LogP contribution in [-0.4, -0.2) is 49.9 Å². The summed E-state index contributed by atoms with van der Waals surface area (Å²) in [7, 11) is -4.29. The lowest BCUT2D eigenvalue weighted by Crippen LogP contribution is -2.28. The lowest BCUT2D eigenvalue weighted by molar-refractivity contribution is -0.154. The molecule has 0 radical (unpaired) electrons. The molecule has 0 heterocycles. The number of nitrogens with two attached hydrogens (primary N) is 1. The number of carbonyl (C=O) groups excluding carboxylic acids is 1. The molecule has 0 spiro atoms. The van der Waals surface area contributed by atoms with E-state index >= 15 is 0 Å². The van der Waals surface area contributed by atoms with Crippen LogP contribution in [-0.2, 0) is 27.9 Å². The minimum absolute atomic E-state index is 0.0980. The van der Waals surface area contributed by atoms with Gasteiger partial charge in [-0.3, -0.25) is 13.8 Å². The number of ether oxygens (including phenoxy) is 2. The predicted octanol–water partition coefficient (Wildman–Crippen LogP) is 17.1. The van der Waals surface area contributed by atoms with Crippen LogP contribution >= 0.6 is 7.82 Å². The summed E-state index contributed by atoms with van der Waals surface area (Å²) in [6.45, 7) is 4.91. The maximum absolute atomic E-state index is 12.7. The van der Waals surface area contributed by atoms with Gasteiger partial charge in [0.25, 0.3) is 0 Å². The number of phosphoric ester groups is 1. The fourth-order valence-corrected chi connectivity index (χ4v) is 8.47. The smallest absolute Gasteiger partial charge is 0.457 e. The highest BCUT2D eigenvalue weighted by Crippen LogP contribution is 2.43. The summed E-state index contributed by atoms with van der Waals surface area (Å²) in [4.78, 5) is 22.6. The van der Waals surface area contributed by atoms with Gasteiger partial charge in [0.1, 0.15) is 6.10 Å². The van der Waals surface area contributed by atoms with E-state index < -0.39 is 13.9 Å². The van der Waals surface area contributed by atoms with Crippen LogP contribution in [0.3, 0.4) is 0 Å². The number of carbonyl (C=O) groups is 1. The van der Waals surface area contributed by atoms with Crippen molar-refractivity contribution in [2.45, 2.75) is 264 Å². The van der Waals surface area contributed by atoms with Crippen LogP contribution in [0.1, 0.15) is 258 Å². The monoisotopic (exact) mass is 922 g/mol. The molecule has 0 aliphatic carbocycles. The topological polar surface area (TPSA) is 117 Å². The largest absolute Gasteiger partial charge is 0.472 e. The normalized spacial score (nSPS) is 13.6. The fourth-order valence-electron chi connectivity index (χ4n) is 7.71. The highest BCUT2D eigenvalue weighted by Gasteiger charge is 2.25. The number of esters is 1. The Morgan fingerprint density at radius 1 is 0.469 bits per heavy atom. The average molecular weight is 922 g/mol. The predicted molar refractivity (Wildman–Crippen MR) is 275 cm³/mol. The zero-order valence-corrected chi connectivity index (χ0v) is 42.9. The molecule has 3 N–H and O–H groups in total. The van der Waals surface area contributed by atoms with Crippen LogP contribution in [0.5, 0.6) is 0 Å². The quantitative estimate of drug-likeness (QED) is 0.0268. The molecule has 0 saturated heterocycles. The number of allylic oxidation sites excluding steroid dienone is 8. The molecule has 0 aromatic rings. The third-order valence-corrected chi connectivity index (χ3v) is 12.7. The average Bonchev–Trinajstić information content (AvgIpc) is 3.29. The second-order valence-corrected chi connectivity index (χ2v) is 19.5.